The number of rotatable bonds is 4. The van der Waals surface area contributed by atoms with Gasteiger partial charge in [-0.2, -0.15) is 0 Å². The molecule has 0 radical (unpaired) electrons. The van der Waals surface area contributed by atoms with Gasteiger partial charge in [-0.15, -0.1) is 10.2 Å². The van der Waals surface area contributed by atoms with Crippen LogP contribution in [-0.4, -0.2) is 41.4 Å². The van der Waals surface area contributed by atoms with Crippen LogP contribution in [0.1, 0.15) is 17.2 Å². The lowest BCUT2D eigenvalue weighted by molar-refractivity contribution is -0.926. The van der Waals surface area contributed by atoms with Gasteiger partial charge >= 0.3 is 0 Å². The zero-order valence-electron chi connectivity index (χ0n) is 14.5. The van der Waals surface area contributed by atoms with Crippen LogP contribution in [0, 0.1) is 0 Å². The van der Waals surface area contributed by atoms with Gasteiger partial charge in [0.1, 0.15) is 12.2 Å². The predicted molar refractivity (Wildman–Crippen MR) is 100 cm³/mol. The highest BCUT2D eigenvalue weighted by molar-refractivity contribution is 5.30. The van der Waals surface area contributed by atoms with Crippen molar-refractivity contribution in [3.63, 3.8) is 0 Å². The van der Waals surface area contributed by atoms with Crippen molar-refractivity contribution in [3.05, 3.63) is 88.3 Å². The van der Waals surface area contributed by atoms with Gasteiger partial charge in [0, 0.05) is 11.1 Å². The Bertz CT molecular complexity index is 849. The molecule has 0 aliphatic carbocycles. The summed E-state index contributed by atoms with van der Waals surface area (Å²) < 4.78 is 0. The van der Waals surface area contributed by atoms with Crippen LogP contribution in [0.25, 0.3) is 0 Å². The maximum absolute atomic E-state index is 11.5. The number of piperazine rings is 1. The highest BCUT2D eigenvalue weighted by atomic mass is 16.1. The summed E-state index contributed by atoms with van der Waals surface area (Å²) >= 11 is 0. The third-order valence-corrected chi connectivity index (χ3v) is 4.94. The fourth-order valence-corrected chi connectivity index (χ4v) is 3.70. The lowest BCUT2D eigenvalue weighted by atomic mass is 9.96. The number of benzene rings is 2. The molecule has 0 spiro atoms. The number of nitrogens with zero attached hydrogens (tertiary/aromatic N) is 3. The minimum Gasteiger partial charge on any atom is -0.330 e. The highest BCUT2D eigenvalue weighted by Crippen LogP contribution is 2.19. The molecule has 2 N–H and O–H groups in total. The van der Waals surface area contributed by atoms with E-state index < -0.39 is 0 Å². The van der Waals surface area contributed by atoms with E-state index in [2.05, 4.69) is 80.7 Å². The molecule has 0 unspecified atom stereocenters. The molecule has 3 aromatic rings. The molecule has 4 rings (SSSR count). The minimum atomic E-state index is -0.212. The van der Waals surface area contributed by atoms with Crippen molar-refractivity contribution in [1.29, 1.82) is 0 Å². The summed E-state index contributed by atoms with van der Waals surface area (Å²) in [6, 6.07) is 21.7. The summed E-state index contributed by atoms with van der Waals surface area (Å²) in [6.07, 6.45) is 1.20. The average Bonchev–Trinajstić information content (AvgIpc) is 2.70. The van der Waals surface area contributed by atoms with Gasteiger partial charge in [-0.05, 0) is 0 Å². The van der Waals surface area contributed by atoms with E-state index in [1.54, 1.807) is 0 Å². The molecule has 2 heterocycles. The van der Waals surface area contributed by atoms with E-state index >= 15 is 0 Å². The minimum absolute atomic E-state index is 0.212. The molecule has 1 aliphatic rings. The first-order chi connectivity index (χ1) is 12.8. The van der Waals surface area contributed by atoms with Gasteiger partial charge in [-0.25, -0.2) is 0 Å². The van der Waals surface area contributed by atoms with Gasteiger partial charge in [0.2, 0.25) is 5.95 Å². The van der Waals surface area contributed by atoms with Gasteiger partial charge in [-0.3, -0.25) is 9.78 Å². The summed E-state index contributed by atoms with van der Waals surface area (Å²) in [4.78, 5) is 17.9. The SMILES string of the molecule is O=c1cnnc(N2CC[NH+](C(c3ccccc3)c3ccccc3)CC2)[nH]1. The molecule has 1 saturated heterocycles. The largest absolute Gasteiger partial charge is 0.330 e. The Balaban J connectivity index is 1.56. The van der Waals surface area contributed by atoms with E-state index in [1.165, 1.54) is 22.2 Å². The standard InChI is InChI=1S/C20H21N5O/c26-18-15-21-23-20(22-18)25-13-11-24(12-14-25)19(16-7-3-1-4-8-16)17-9-5-2-6-10-17/h1-10,15,19H,11-14H2,(H,22,23,26)/p+1. The molecule has 2 aromatic carbocycles. The van der Waals surface area contributed by atoms with Crippen LogP contribution in [0.15, 0.2) is 71.7 Å². The first-order valence-corrected chi connectivity index (χ1v) is 8.93. The van der Waals surface area contributed by atoms with Crippen LogP contribution in [0.5, 0.6) is 0 Å². The van der Waals surface area contributed by atoms with Gasteiger partial charge < -0.3 is 9.80 Å². The molecule has 1 aliphatic heterocycles. The Kier molecular flexibility index (Phi) is 4.75. The zero-order chi connectivity index (χ0) is 17.8. The maximum atomic E-state index is 11.5. The van der Waals surface area contributed by atoms with E-state index in [4.69, 9.17) is 0 Å². The number of quaternary nitrogens is 1. The van der Waals surface area contributed by atoms with Gasteiger partial charge in [0.05, 0.1) is 26.2 Å². The maximum Gasteiger partial charge on any atom is 0.271 e. The third-order valence-electron chi connectivity index (χ3n) is 4.94. The Morgan fingerprint density at radius 3 is 2.04 bits per heavy atom. The number of anilines is 1. The molecule has 6 nitrogen and oxygen atoms in total. The molecule has 0 amide bonds. The normalized spacial score (nSPS) is 15.3. The van der Waals surface area contributed by atoms with Crippen LogP contribution >= 0.6 is 0 Å². The topological polar surface area (TPSA) is 66.3 Å². The lowest BCUT2D eigenvalue weighted by Gasteiger charge is -2.37. The van der Waals surface area contributed by atoms with Gasteiger partial charge in [-0.1, -0.05) is 60.7 Å². The number of hydrogen-bond acceptors (Lipinski definition) is 4. The fourth-order valence-electron chi connectivity index (χ4n) is 3.70. The van der Waals surface area contributed by atoms with Crippen LogP contribution in [0.3, 0.4) is 0 Å². The van der Waals surface area contributed by atoms with Crippen LogP contribution < -0.4 is 15.4 Å². The van der Waals surface area contributed by atoms with Crippen molar-refractivity contribution in [3.8, 4) is 0 Å². The first-order valence-electron chi connectivity index (χ1n) is 8.93. The van der Waals surface area contributed by atoms with Crippen molar-refractivity contribution in [2.24, 2.45) is 0 Å². The molecule has 1 fully saturated rings. The number of aromatic nitrogens is 3. The molecule has 1 aromatic heterocycles. The molecule has 6 heteroatoms. The monoisotopic (exact) mass is 348 g/mol. The van der Waals surface area contributed by atoms with Crippen molar-refractivity contribution >= 4 is 5.95 Å². The fraction of sp³-hybridized carbons (Fsp3) is 0.250. The van der Waals surface area contributed by atoms with E-state index in [1.807, 2.05) is 0 Å². The molecular weight excluding hydrogens is 326 g/mol. The summed E-state index contributed by atoms with van der Waals surface area (Å²) in [5, 5.41) is 7.83. The lowest BCUT2D eigenvalue weighted by Crippen LogP contribution is -3.15. The smallest absolute Gasteiger partial charge is 0.271 e. The number of H-pyrrole nitrogens is 1. The number of hydrogen-bond donors (Lipinski definition) is 2. The highest BCUT2D eigenvalue weighted by Gasteiger charge is 2.30. The van der Waals surface area contributed by atoms with Crippen molar-refractivity contribution in [2.75, 3.05) is 31.1 Å². The second kappa shape index (κ2) is 7.49. The average molecular weight is 348 g/mol. The van der Waals surface area contributed by atoms with Crippen LogP contribution in [0.4, 0.5) is 5.95 Å². The zero-order valence-corrected chi connectivity index (χ0v) is 14.5. The summed E-state index contributed by atoms with van der Waals surface area (Å²) in [7, 11) is 0. The Hall–Kier alpha value is -2.99. The molecular formula is C20H22N5O+. The molecule has 0 saturated carbocycles. The Morgan fingerprint density at radius 1 is 0.923 bits per heavy atom. The third kappa shape index (κ3) is 3.50. The summed E-state index contributed by atoms with van der Waals surface area (Å²) in [6.45, 7) is 3.60. The first kappa shape index (κ1) is 16.5. The number of aromatic amines is 1. The summed E-state index contributed by atoms with van der Waals surface area (Å²) in [5.41, 5.74) is 2.45. The van der Waals surface area contributed by atoms with Gasteiger partial charge in [0.25, 0.3) is 5.56 Å². The van der Waals surface area contributed by atoms with E-state index in [-0.39, 0.29) is 5.56 Å². The summed E-state index contributed by atoms with van der Waals surface area (Å²) in [5.74, 6) is 0.563. The second-order valence-electron chi connectivity index (χ2n) is 6.56. The van der Waals surface area contributed by atoms with Crippen LogP contribution in [-0.2, 0) is 0 Å². The molecule has 132 valence electrons. The number of nitrogens with one attached hydrogen (secondary N) is 2. The van der Waals surface area contributed by atoms with Gasteiger partial charge in [0.15, 0.2) is 0 Å². The van der Waals surface area contributed by atoms with E-state index in [0.717, 1.165) is 26.2 Å². The van der Waals surface area contributed by atoms with Crippen LogP contribution in [0.2, 0.25) is 0 Å². The second-order valence-corrected chi connectivity index (χ2v) is 6.56. The van der Waals surface area contributed by atoms with E-state index in [0.29, 0.717) is 12.0 Å². The Morgan fingerprint density at radius 2 is 1.50 bits per heavy atom. The van der Waals surface area contributed by atoms with Crippen molar-refractivity contribution in [1.82, 2.24) is 15.2 Å². The Labute approximate surface area is 152 Å². The molecule has 0 atom stereocenters. The quantitative estimate of drug-likeness (QED) is 0.727. The molecule has 26 heavy (non-hydrogen) atoms. The molecule has 0 bridgehead atoms. The predicted octanol–water partition coefficient (Wildman–Crippen LogP) is 0.659. The van der Waals surface area contributed by atoms with E-state index in [9.17, 15) is 4.79 Å². The van der Waals surface area contributed by atoms with Crippen molar-refractivity contribution < 1.29 is 4.90 Å². The van der Waals surface area contributed by atoms with Crippen molar-refractivity contribution in [2.45, 2.75) is 6.04 Å².